The third-order valence-corrected chi connectivity index (χ3v) is 5.67. The second-order valence-corrected chi connectivity index (χ2v) is 8.21. The number of carbonyl (C=O) groups excluding carboxylic acids is 1. The molecule has 2 aliphatic rings. The molecule has 0 saturated carbocycles. The summed E-state index contributed by atoms with van der Waals surface area (Å²) < 4.78 is 12.0. The molecule has 3 atom stereocenters. The highest BCUT2D eigenvalue weighted by Gasteiger charge is 2.48. The van der Waals surface area contributed by atoms with Gasteiger partial charge in [-0.25, -0.2) is 0 Å². The minimum atomic E-state index is -0.970. The molecule has 0 saturated heterocycles. The summed E-state index contributed by atoms with van der Waals surface area (Å²) >= 11 is 0. The van der Waals surface area contributed by atoms with Crippen molar-refractivity contribution in [3.8, 4) is 11.8 Å². The zero-order chi connectivity index (χ0) is 21.5. The van der Waals surface area contributed by atoms with Crippen LogP contribution in [0.3, 0.4) is 0 Å². The first-order chi connectivity index (χ1) is 14.3. The number of hydrogen-bond donors (Lipinski definition) is 1. The summed E-state index contributed by atoms with van der Waals surface area (Å²) in [5.41, 5.74) is 1.19. The summed E-state index contributed by atoms with van der Waals surface area (Å²) in [6, 6.07) is 16.3. The van der Waals surface area contributed by atoms with Gasteiger partial charge < -0.3 is 19.5 Å². The smallest absolute Gasteiger partial charge is 0.251 e. The molecular weight excluding hydrogens is 380 g/mol. The molecule has 3 unspecified atom stereocenters. The molecule has 2 aliphatic heterocycles. The van der Waals surface area contributed by atoms with Crippen molar-refractivity contribution in [2.75, 3.05) is 6.54 Å². The number of aliphatic hydroxyl groups is 1. The van der Waals surface area contributed by atoms with E-state index in [1.54, 1.807) is 36.9 Å². The Labute approximate surface area is 176 Å². The van der Waals surface area contributed by atoms with Crippen molar-refractivity contribution in [2.45, 2.75) is 44.6 Å². The number of amides is 1. The number of hydrogen-bond acceptors (Lipinski definition) is 5. The van der Waals surface area contributed by atoms with Crippen molar-refractivity contribution < 1.29 is 19.4 Å². The Morgan fingerprint density at radius 2 is 2.00 bits per heavy atom. The van der Waals surface area contributed by atoms with Crippen LogP contribution in [0.15, 0.2) is 60.4 Å². The zero-order valence-corrected chi connectivity index (χ0v) is 17.2. The molecular formula is C24H24N2O4. The van der Waals surface area contributed by atoms with E-state index >= 15 is 0 Å². The molecule has 2 heterocycles. The largest absolute Gasteiger partial charge is 0.488 e. The van der Waals surface area contributed by atoms with E-state index in [9.17, 15) is 15.2 Å². The van der Waals surface area contributed by atoms with Gasteiger partial charge in [0.1, 0.15) is 29.3 Å². The van der Waals surface area contributed by atoms with E-state index in [1.807, 2.05) is 37.3 Å². The minimum absolute atomic E-state index is 0.210. The van der Waals surface area contributed by atoms with Crippen LogP contribution in [0.5, 0.6) is 5.75 Å². The molecule has 6 nitrogen and oxygen atoms in total. The normalized spacial score (nSPS) is 23.1. The molecule has 6 heteroatoms. The van der Waals surface area contributed by atoms with Crippen LogP contribution >= 0.6 is 0 Å². The molecule has 0 bridgehead atoms. The van der Waals surface area contributed by atoms with E-state index < -0.39 is 17.7 Å². The Bertz CT molecular complexity index is 1040. The van der Waals surface area contributed by atoms with E-state index in [0.717, 1.165) is 5.56 Å². The number of carbonyl (C=O) groups is 1. The van der Waals surface area contributed by atoms with Crippen LogP contribution in [0.1, 0.15) is 49.6 Å². The predicted octanol–water partition coefficient (Wildman–Crippen LogP) is 3.64. The first-order valence-electron chi connectivity index (χ1n) is 9.94. The fourth-order valence-corrected chi connectivity index (χ4v) is 4.01. The van der Waals surface area contributed by atoms with Gasteiger partial charge in [0.05, 0.1) is 24.2 Å². The van der Waals surface area contributed by atoms with Crippen molar-refractivity contribution in [1.29, 1.82) is 5.26 Å². The zero-order valence-electron chi connectivity index (χ0n) is 17.2. The van der Waals surface area contributed by atoms with Gasteiger partial charge >= 0.3 is 0 Å². The number of fused-ring (bicyclic) bond motifs is 1. The van der Waals surface area contributed by atoms with Crippen molar-refractivity contribution in [3.05, 3.63) is 77.1 Å². The van der Waals surface area contributed by atoms with Gasteiger partial charge in [0.25, 0.3) is 5.91 Å². The maximum Gasteiger partial charge on any atom is 0.251 e. The summed E-state index contributed by atoms with van der Waals surface area (Å²) in [4.78, 5) is 14.5. The summed E-state index contributed by atoms with van der Waals surface area (Å²) in [5, 5.41) is 20.4. The van der Waals surface area contributed by atoms with Gasteiger partial charge in [-0.3, -0.25) is 4.79 Å². The standard InChI is InChI=1S/C24H24N2O4/c1-15(17-7-5-4-6-8-17)29-18-12-21(27)26(14-18)22-19-11-16(13-25)9-10-20(19)30-24(2,3)23(22)28/h4-12,15,22-23,28H,14H2,1-3H3. The fourth-order valence-electron chi connectivity index (χ4n) is 4.01. The highest BCUT2D eigenvalue weighted by Crippen LogP contribution is 2.44. The maximum absolute atomic E-state index is 12.9. The molecule has 0 aliphatic carbocycles. The Morgan fingerprint density at radius 1 is 1.27 bits per heavy atom. The van der Waals surface area contributed by atoms with Gasteiger partial charge in [0.2, 0.25) is 0 Å². The highest BCUT2D eigenvalue weighted by molar-refractivity contribution is 5.91. The van der Waals surface area contributed by atoms with Crippen LogP contribution in [0, 0.1) is 11.3 Å². The molecule has 1 N–H and O–H groups in total. The molecule has 0 aromatic heterocycles. The first-order valence-corrected chi connectivity index (χ1v) is 9.94. The SMILES string of the molecule is CC(OC1=CC(=O)N(C2c3cc(C#N)ccc3OC(C)(C)C2O)C1)c1ccccc1. The lowest BCUT2D eigenvalue weighted by Crippen LogP contribution is -2.54. The first kappa shape index (κ1) is 20.0. The van der Waals surface area contributed by atoms with Crippen LogP contribution in [0.4, 0.5) is 0 Å². The van der Waals surface area contributed by atoms with Crippen LogP contribution < -0.4 is 4.74 Å². The summed E-state index contributed by atoms with van der Waals surface area (Å²) in [6.45, 7) is 5.75. The summed E-state index contributed by atoms with van der Waals surface area (Å²) in [5.74, 6) is 0.875. The van der Waals surface area contributed by atoms with Crippen LogP contribution in [0.2, 0.25) is 0 Å². The minimum Gasteiger partial charge on any atom is -0.488 e. The average Bonchev–Trinajstić information content (AvgIpc) is 3.08. The van der Waals surface area contributed by atoms with Gasteiger partial charge in [0, 0.05) is 11.6 Å². The van der Waals surface area contributed by atoms with Gasteiger partial charge in [-0.1, -0.05) is 30.3 Å². The molecule has 2 aromatic carbocycles. The number of ether oxygens (including phenoxy) is 2. The lowest BCUT2D eigenvalue weighted by atomic mass is 9.85. The predicted molar refractivity (Wildman–Crippen MR) is 110 cm³/mol. The Balaban J connectivity index is 1.61. The summed E-state index contributed by atoms with van der Waals surface area (Å²) in [6.07, 6.45) is 0.295. The van der Waals surface area contributed by atoms with Gasteiger partial charge in [-0.05, 0) is 44.5 Å². The summed E-state index contributed by atoms with van der Waals surface area (Å²) in [7, 11) is 0. The number of nitriles is 1. The fraction of sp³-hybridized carbons (Fsp3) is 0.333. The maximum atomic E-state index is 12.9. The molecule has 2 aromatic rings. The van der Waals surface area contributed by atoms with Crippen molar-refractivity contribution in [3.63, 3.8) is 0 Å². The Kier molecular flexibility index (Phi) is 5.00. The lowest BCUT2D eigenvalue weighted by Gasteiger charge is -2.45. The quantitative estimate of drug-likeness (QED) is 0.841. The van der Waals surface area contributed by atoms with Crippen molar-refractivity contribution in [2.24, 2.45) is 0 Å². The van der Waals surface area contributed by atoms with Crippen molar-refractivity contribution >= 4 is 5.91 Å². The van der Waals surface area contributed by atoms with Gasteiger partial charge in [-0.15, -0.1) is 0 Å². The van der Waals surface area contributed by atoms with E-state index in [0.29, 0.717) is 22.6 Å². The lowest BCUT2D eigenvalue weighted by molar-refractivity contribution is -0.137. The van der Waals surface area contributed by atoms with Crippen LogP contribution in [0.25, 0.3) is 0 Å². The van der Waals surface area contributed by atoms with Crippen molar-refractivity contribution in [1.82, 2.24) is 4.90 Å². The average molecular weight is 404 g/mol. The number of rotatable bonds is 4. The van der Waals surface area contributed by atoms with Crippen LogP contribution in [-0.2, 0) is 9.53 Å². The van der Waals surface area contributed by atoms with Gasteiger partial charge in [0.15, 0.2) is 0 Å². The molecule has 4 rings (SSSR count). The van der Waals surface area contributed by atoms with E-state index in [1.165, 1.54) is 6.08 Å². The number of nitrogens with zero attached hydrogens (tertiary/aromatic N) is 2. The molecule has 0 radical (unpaired) electrons. The van der Waals surface area contributed by atoms with E-state index in [2.05, 4.69) is 6.07 Å². The van der Waals surface area contributed by atoms with Gasteiger partial charge in [-0.2, -0.15) is 5.26 Å². The number of benzene rings is 2. The molecule has 154 valence electrons. The third-order valence-electron chi connectivity index (χ3n) is 5.67. The second-order valence-electron chi connectivity index (χ2n) is 8.21. The van der Waals surface area contributed by atoms with E-state index in [-0.39, 0.29) is 18.6 Å². The Hall–Kier alpha value is -3.30. The highest BCUT2D eigenvalue weighted by atomic mass is 16.5. The van der Waals surface area contributed by atoms with E-state index in [4.69, 9.17) is 9.47 Å². The number of aliphatic hydroxyl groups excluding tert-OH is 1. The third kappa shape index (κ3) is 3.53. The topological polar surface area (TPSA) is 82.8 Å². The monoisotopic (exact) mass is 404 g/mol. The molecule has 30 heavy (non-hydrogen) atoms. The molecule has 0 spiro atoms. The molecule has 0 fully saturated rings. The van der Waals surface area contributed by atoms with Crippen LogP contribution in [-0.4, -0.2) is 34.2 Å². The second kappa shape index (κ2) is 7.51. The molecule has 1 amide bonds. The Morgan fingerprint density at radius 3 is 2.70 bits per heavy atom.